The van der Waals surface area contributed by atoms with Crippen molar-refractivity contribution in [1.29, 1.82) is 0 Å². The molecule has 0 saturated heterocycles. The van der Waals surface area contributed by atoms with Crippen LogP contribution in [0.2, 0.25) is 0 Å². The van der Waals surface area contributed by atoms with E-state index in [2.05, 4.69) is 34.6 Å². The molecule has 1 fully saturated rings. The number of guanidine groups is 1. The molecule has 0 bridgehead atoms. The smallest absolute Gasteiger partial charge is 0.190 e. The van der Waals surface area contributed by atoms with E-state index in [0.717, 1.165) is 37.9 Å². The SMILES string of the molecule is CN=C(NCCCC1CCCCC1)NCCCN(C)C.I. The maximum absolute atomic E-state index is 4.27. The van der Waals surface area contributed by atoms with Crippen molar-refractivity contribution in [2.45, 2.75) is 51.4 Å². The second-order valence-electron chi connectivity index (χ2n) is 6.23. The maximum atomic E-state index is 4.27. The number of nitrogens with zero attached hydrogens (tertiary/aromatic N) is 2. The molecule has 21 heavy (non-hydrogen) atoms. The number of rotatable bonds is 8. The first-order valence-electron chi connectivity index (χ1n) is 8.31. The molecule has 0 atom stereocenters. The number of nitrogens with one attached hydrogen (secondary N) is 2. The fraction of sp³-hybridized carbons (Fsp3) is 0.938. The Balaban J connectivity index is 0.00000400. The Morgan fingerprint density at radius 2 is 1.67 bits per heavy atom. The van der Waals surface area contributed by atoms with Crippen molar-refractivity contribution >= 4 is 29.9 Å². The van der Waals surface area contributed by atoms with Crippen LogP contribution in [0.3, 0.4) is 0 Å². The van der Waals surface area contributed by atoms with E-state index >= 15 is 0 Å². The van der Waals surface area contributed by atoms with Crippen LogP contribution >= 0.6 is 24.0 Å². The second-order valence-corrected chi connectivity index (χ2v) is 6.23. The molecule has 1 aliphatic carbocycles. The molecule has 0 spiro atoms. The van der Waals surface area contributed by atoms with E-state index in [4.69, 9.17) is 0 Å². The molecule has 1 saturated carbocycles. The van der Waals surface area contributed by atoms with Gasteiger partial charge in [-0.2, -0.15) is 0 Å². The average Bonchev–Trinajstić information content (AvgIpc) is 2.46. The summed E-state index contributed by atoms with van der Waals surface area (Å²) in [4.78, 5) is 6.48. The van der Waals surface area contributed by atoms with Gasteiger partial charge >= 0.3 is 0 Å². The Morgan fingerprint density at radius 1 is 1.05 bits per heavy atom. The van der Waals surface area contributed by atoms with Crippen molar-refractivity contribution in [3.8, 4) is 0 Å². The van der Waals surface area contributed by atoms with Crippen LogP contribution < -0.4 is 10.6 Å². The lowest BCUT2D eigenvalue weighted by atomic mass is 9.86. The molecule has 0 aromatic rings. The summed E-state index contributed by atoms with van der Waals surface area (Å²) in [5.74, 6) is 1.94. The van der Waals surface area contributed by atoms with Crippen molar-refractivity contribution in [3.63, 3.8) is 0 Å². The topological polar surface area (TPSA) is 39.7 Å². The van der Waals surface area contributed by atoms with E-state index in [1.54, 1.807) is 0 Å². The number of hydrogen-bond donors (Lipinski definition) is 2. The zero-order chi connectivity index (χ0) is 14.6. The molecule has 1 rings (SSSR count). The Bertz CT molecular complexity index is 263. The molecule has 0 amide bonds. The molecule has 0 radical (unpaired) electrons. The van der Waals surface area contributed by atoms with Gasteiger partial charge in [0.05, 0.1) is 0 Å². The van der Waals surface area contributed by atoms with Gasteiger partial charge in [-0.15, -0.1) is 24.0 Å². The monoisotopic (exact) mass is 410 g/mol. The first-order valence-corrected chi connectivity index (χ1v) is 8.31. The fourth-order valence-corrected chi connectivity index (χ4v) is 2.90. The van der Waals surface area contributed by atoms with Crippen LogP contribution in [0.15, 0.2) is 4.99 Å². The van der Waals surface area contributed by atoms with Gasteiger partial charge in [0.25, 0.3) is 0 Å². The summed E-state index contributed by atoms with van der Waals surface area (Å²) in [6.07, 6.45) is 11.1. The summed E-state index contributed by atoms with van der Waals surface area (Å²) < 4.78 is 0. The molecular weight excluding hydrogens is 375 g/mol. The number of hydrogen-bond acceptors (Lipinski definition) is 2. The van der Waals surface area contributed by atoms with Crippen LogP contribution in [0.25, 0.3) is 0 Å². The fourth-order valence-electron chi connectivity index (χ4n) is 2.90. The molecule has 0 heterocycles. The molecule has 1 aliphatic rings. The van der Waals surface area contributed by atoms with Gasteiger partial charge in [-0.1, -0.05) is 32.1 Å². The minimum absolute atomic E-state index is 0. The van der Waals surface area contributed by atoms with Crippen LogP contribution in [0, 0.1) is 5.92 Å². The summed E-state index contributed by atoms with van der Waals surface area (Å²) in [5.41, 5.74) is 0. The highest BCUT2D eigenvalue weighted by molar-refractivity contribution is 14.0. The third-order valence-corrected chi connectivity index (χ3v) is 4.10. The van der Waals surface area contributed by atoms with E-state index in [1.807, 2.05) is 7.05 Å². The minimum atomic E-state index is 0. The van der Waals surface area contributed by atoms with Crippen LogP contribution in [0.4, 0.5) is 0 Å². The van der Waals surface area contributed by atoms with Crippen molar-refractivity contribution in [2.24, 2.45) is 10.9 Å². The van der Waals surface area contributed by atoms with Crippen molar-refractivity contribution in [1.82, 2.24) is 15.5 Å². The molecule has 0 aromatic heterocycles. The maximum Gasteiger partial charge on any atom is 0.190 e. The largest absolute Gasteiger partial charge is 0.356 e. The van der Waals surface area contributed by atoms with Crippen LogP contribution in [-0.4, -0.2) is 51.6 Å². The molecule has 0 unspecified atom stereocenters. The van der Waals surface area contributed by atoms with Gasteiger partial charge in [0, 0.05) is 20.1 Å². The van der Waals surface area contributed by atoms with Gasteiger partial charge < -0.3 is 15.5 Å². The van der Waals surface area contributed by atoms with Crippen LogP contribution in [-0.2, 0) is 0 Å². The Hall–Kier alpha value is -0.0400. The van der Waals surface area contributed by atoms with E-state index in [0.29, 0.717) is 0 Å². The molecule has 4 nitrogen and oxygen atoms in total. The minimum Gasteiger partial charge on any atom is -0.356 e. The predicted octanol–water partition coefficient (Wildman–Crippen LogP) is 3.08. The van der Waals surface area contributed by atoms with E-state index in [9.17, 15) is 0 Å². The van der Waals surface area contributed by atoms with Gasteiger partial charge in [0.2, 0.25) is 0 Å². The third-order valence-electron chi connectivity index (χ3n) is 4.10. The molecule has 2 N–H and O–H groups in total. The summed E-state index contributed by atoms with van der Waals surface area (Å²) in [6.45, 7) is 3.15. The Kier molecular flexibility index (Phi) is 13.6. The highest BCUT2D eigenvalue weighted by atomic mass is 127. The lowest BCUT2D eigenvalue weighted by Crippen LogP contribution is -2.39. The zero-order valence-corrected chi connectivity index (χ0v) is 16.5. The summed E-state index contributed by atoms with van der Waals surface area (Å²) >= 11 is 0. The standard InChI is InChI=1S/C16H34N4.HI/c1-17-16(19-13-8-14-20(2)3)18-12-7-11-15-9-5-4-6-10-15;/h15H,4-14H2,1-3H3,(H2,17,18,19);1H. The van der Waals surface area contributed by atoms with Gasteiger partial charge in [-0.05, 0) is 45.8 Å². The van der Waals surface area contributed by atoms with Crippen LogP contribution in [0.1, 0.15) is 51.4 Å². The highest BCUT2D eigenvalue weighted by Gasteiger charge is 2.12. The Labute approximate surface area is 148 Å². The van der Waals surface area contributed by atoms with Gasteiger partial charge in [-0.25, -0.2) is 0 Å². The molecule has 126 valence electrons. The van der Waals surface area contributed by atoms with Crippen molar-refractivity contribution < 1.29 is 0 Å². The van der Waals surface area contributed by atoms with E-state index < -0.39 is 0 Å². The highest BCUT2D eigenvalue weighted by Crippen LogP contribution is 2.26. The third kappa shape index (κ3) is 11.2. The van der Waals surface area contributed by atoms with Gasteiger partial charge in [-0.3, -0.25) is 4.99 Å². The predicted molar refractivity (Wildman–Crippen MR) is 104 cm³/mol. The van der Waals surface area contributed by atoms with Gasteiger partial charge in [0.15, 0.2) is 5.96 Å². The van der Waals surface area contributed by atoms with Crippen LogP contribution in [0.5, 0.6) is 0 Å². The average molecular weight is 410 g/mol. The first-order chi connectivity index (χ1) is 9.72. The summed E-state index contributed by atoms with van der Waals surface area (Å²) in [5, 5.41) is 6.80. The first kappa shape index (κ1) is 21.0. The Morgan fingerprint density at radius 3 is 2.24 bits per heavy atom. The second kappa shape index (κ2) is 13.6. The number of aliphatic imine (C=N–C) groups is 1. The van der Waals surface area contributed by atoms with Crippen molar-refractivity contribution in [2.75, 3.05) is 40.8 Å². The molecule has 5 heteroatoms. The molecular formula is C16H35IN4. The zero-order valence-electron chi connectivity index (χ0n) is 14.2. The lowest BCUT2D eigenvalue weighted by molar-refractivity contribution is 0.332. The number of halogens is 1. The summed E-state index contributed by atoms with van der Waals surface area (Å²) in [7, 11) is 6.07. The lowest BCUT2D eigenvalue weighted by Gasteiger charge is -2.21. The van der Waals surface area contributed by atoms with Crippen molar-refractivity contribution in [3.05, 3.63) is 0 Å². The molecule has 0 aliphatic heterocycles. The summed E-state index contributed by atoms with van der Waals surface area (Å²) in [6, 6.07) is 0. The normalized spacial score (nSPS) is 16.7. The van der Waals surface area contributed by atoms with Gasteiger partial charge in [0.1, 0.15) is 0 Å². The van der Waals surface area contributed by atoms with E-state index in [1.165, 1.54) is 44.9 Å². The quantitative estimate of drug-likeness (QED) is 0.280. The van der Waals surface area contributed by atoms with E-state index in [-0.39, 0.29) is 24.0 Å². The molecule has 0 aromatic carbocycles.